The van der Waals surface area contributed by atoms with Crippen molar-refractivity contribution in [3.63, 3.8) is 0 Å². The van der Waals surface area contributed by atoms with Crippen molar-refractivity contribution in [1.29, 1.82) is 0 Å². The lowest BCUT2D eigenvalue weighted by atomic mass is 9.97. The number of amides is 1. The molecule has 0 bridgehead atoms. The number of fused-ring (bicyclic) bond motifs is 1. The van der Waals surface area contributed by atoms with E-state index in [0.717, 1.165) is 37.4 Å². The van der Waals surface area contributed by atoms with E-state index in [9.17, 15) is 4.79 Å². The van der Waals surface area contributed by atoms with E-state index in [4.69, 9.17) is 14.2 Å². The molecule has 1 fully saturated rings. The zero-order valence-corrected chi connectivity index (χ0v) is 15.5. The van der Waals surface area contributed by atoms with E-state index in [-0.39, 0.29) is 5.91 Å². The third-order valence-corrected chi connectivity index (χ3v) is 5.05. The van der Waals surface area contributed by atoms with Crippen molar-refractivity contribution >= 4 is 5.91 Å². The number of aryl methyl sites for hydroxylation is 1. The number of ether oxygens (including phenoxy) is 3. The minimum Gasteiger partial charge on any atom is -0.493 e. The molecular formula is C21H24N2O4. The van der Waals surface area contributed by atoms with Crippen LogP contribution < -0.4 is 14.2 Å². The number of hydrogen-bond donors (Lipinski definition) is 0. The van der Waals surface area contributed by atoms with Crippen LogP contribution >= 0.6 is 0 Å². The maximum absolute atomic E-state index is 12.9. The summed E-state index contributed by atoms with van der Waals surface area (Å²) in [6.07, 6.45) is 3.63. The summed E-state index contributed by atoms with van der Waals surface area (Å²) in [7, 11) is 0. The molecule has 0 atom stereocenters. The second-order valence-electron chi connectivity index (χ2n) is 7.01. The summed E-state index contributed by atoms with van der Waals surface area (Å²) < 4.78 is 17.2. The average molecular weight is 368 g/mol. The molecule has 6 heteroatoms. The van der Waals surface area contributed by atoms with E-state index in [1.807, 2.05) is 42.2 Å². The van der Waals surface area contributed by atoms with Gasteiger partial charge in [0.25, 0.3) is 5.91 Å². The van der Waals surface area contributed by atoms with E-state index < -0.39 is 0 Å². The van der Waals surface area contributed by atoms with Gasteiger partial charge in [0.1, 0.15) is 19.0 Å². The lowest BCUT2D eigenvalue weighted by Gasteiger charge is -2.32. The van der Waals surface area contributed by atoms with Crippen molar-refractivity contribution in [2.45, 2.75) is 19.8 Å². The van der Waals surface area contributed by atoms with Gasteiger partial charge in [-0.3, -0.25) is 9.78 Å². The first kappa shape index (κ1) is 17.6. The SMILES string of the molecule is Cc1cc(OCC2CCN(C(=O)c3cccc4c3OCCO4)CC2)ccn1. The smallest absolute Gasteiger partial charge is 0.257 e. The first-order chi connectivity index (χ1) is 13.2. The molecule has 6 nitrogen and oxygen atoms in total. The third-order valence-electron chi connectivity index (χ3n) is 5.05. The largest absolute Gasteiger partial charge is 0.493 e. The van der Waals surface area contributed by atoms with E-state index >= 15 is 0 Å². The molecule has 3 heterocycles. The van der Waals surface area contributed by atoms with Gasteiger partial charge in [-0.05, 0) is 43.9 Å². The number of benzene rings is 1. The van der Waals surface area contributed by atoms with Gasteiger partial charge in [0.15, 0.2) is 11.5 Å². The molecule has 27 heavy (non-hydrogen) atoms. The number of para-hydroxylation sites is 1. The molecule has 4 rings (SSSR count). The van der Waals surface area contributed by atoms with Gasteiger partial charge in [-0.2, -0.15) is 0 Å². The van der Waals surface area contributed by atoms with Gasteiger partial charge < -0.3 is 19.1 Å². The van der Waals surface area contributed by atoms with Crippen LogP contribution in [0.3, 0.4) is 0 Å². The molecule has 2 aromatic rings. The number of pyridine rings is 1. The first-order valence-corrected chi connectivity index (χ1v) is 9.44. The molecule has 2 aliphatic heterocycles. The molecule has 142 valence electrons. The van der Waals surface area contributed by atoms with Crippen molar-refractivity contribution in [1.82, 2.24) is 9.88 Å². The lowest BCUT2D eigenvalue weighted by Crippen LogP contribution is -2.40. The summed E-state index contributed by atoms with van der Waals surface area (Å²) in [6, 6.07) is 9.33. The summed E-state index contributed by atoms with van der Waals surface area (Å²) in [5, 5.41) is 0. The number of aromatic nitrogens is 1. The number of nitrogens with zero attached hydrogens (tertiary/aromatic N) is 2. The summed E-state index contributed by atoms with van der Waals surface area (Å²) >= 11 is 0. The minimum absolute atomic E-state index is 0.0153. The Morgan fingerprint density at radius 1 is 1.22 bits per heavy atom. The van der Waals surface area contributed by atoms with E-state index in [2.05, 4.69) is 4.98 Å². The Morgan fingerprint density at radius 2 is 2.04 bits per heavy atom. The molecule has 1 aromatic heterocycles. The second-order valence-corrected chi connectivity index (χ2v) is 7.01. The standard InChI is InChI=1S/C21H24N2O4/c1-15-13-17(5-8-22-15)27-14-16-6-9-23(10-7-16)21(24)18-3-2-4-19-20(18)26-12-11-25-19/h2-5,8,13,16H,6-7,9-12,14H2,1H3. The van der Waals surface area contributed by atoms with Crippen LogP contribution in [-0.4, -0.2) is 48.7 Å². The summed E-state index contributed by atoms with van der Waals surface area (Å²) in [5.74, 6) is 2.55. The van der Waals surface area contributed by atoms with Gasteiger partial charge >= 0.3 is 0 Å². The Labute approximate surface area is 159 Å². The molecule has 1 amide bonds. The van der Waals surface area contributed by atoms with Gasteiger partial charge in [0.2, 0.25) is 0 Å². The highest BCUT2D eigenvalue weighted by Crippen LogP contribution is 2.34. The Hall–Kier alpha value is -2.76. The summed E-state index contributed by atoms with van der Waals surface area (Å²) in [4.78, 5) is 19.0. The average Bonchev–Trinajstić information content (AvgIpc) is 2.72. The van der Waals surface area contributed by atoms with Crippen molar-refractivity contribution < 1.29 is 19.0 Å². The van der Waals surface area contributed by atoms with Gasteiger partial charge in [0, 0.05) is 31.0 Å². The predicted octanol–water partition coefficient (Wildman–Crippen LogP) is 3.09. The zero-order chi connectivity index (χ0) is 18.6. The number of carbonyl (C=O) groups excluding carboxylic acids is 1. The van der Waals surface area contributed by atoms with Crippen molar-refractivity contribution in [3.05, 3.63) is 47.8 Å². The first-order valence-electron chi connectivity index (χ1n) is 9.44. The highest BCUT2D eigenvalue weighted by molar-refractivity contribution is 5.98. The molecule has 1 aromatic carbocycles. The predicted molar refractivity (Wildman–Crippen MR) is 101 cm³/mol. The van der Waals surface area contributed by atoms with Crippen LogP contribution in [0.15, 0.2) is 36.5 Å². The Kier molecular flexibility index (Phi) is 5.14. The van der Waals surface area contributed by atoms with Crippen molar-refractivity contribution in [3.8, 4) is 17.2 Å². The molecule has 0 radical (unpaired) electrons. The van der Waals surface area contributed by atoms with E-state index in [1.54, 1.807) is 6.20 Å². The topological polar surface area (TPSA) is 60.9 Å². The fraction of sp³-hybridized carbons (Fsp3) is 0.429. The highest BCUT2D eigenvalue weighted by Gasteiger charge is 2.28. The number of rotatable bonds is 4. The number of hydrogen-bond acceptors (Lipinski definition) is 5. The molecule has 0 unspecified atom stereocenters. The minimum atomic E-state index is 0.0153. The number of carbonyl (C=O) groups is 1. The zero-order valence-electron chi connectivity index (χ0n) is 15.5. The highest BCUT2D eigenvalue weighted by atomic mass is 16.6. The Balaban J connectivity index is 1.33. The van der Waals surface area contributed by atoms with Crippen LogP contribution in [-0.2, 0) is 0 Å². The number of likely N-dealkylation sites (tertiary alicyclic amines) is 1. The summed E-state index contributed by atoms with van der Waals surface area (Å²) in [5.41, 5.74) is 1.54. The van der Waals surface area contributed by atoms with Crippen LogP contribution in [0.4, 0.5) is 0 Å². The fourth-order valence-corrected chi connectivity index (χ4v) is 3.54. The van der Waals surface area contributed by atoms with Gasteiger partial charge in [-0.1, -0.05) is 6.07 Å². The molecule has 2 aliphatic rings. The van der Waals surface area contributed by atoms with Crippen LogP contribution in [0.1, 0.15) is 28.9 Å². The number of piperidine rings is 1. The molecular weight excluding hydrogens is 344 g/mol. The van der Waals surface area contributed by atoms with Gasteiger partial charge in [-0.15, -0.1) is 0 Å². The molecule has 1 saturated heterocycles. The Morgan fingerprint density at radius 3 is 2.85 bits per heavy atom. The quantitative estimate of drug-likeness (QED) is 0.830. The van der Waals surface area contributed by atoms with Crippen LogP contribution in [0.25, 0.3) is 0 Å². The molecule has 0 saturated carbocycles. The molecule has 0 spiro atoms. The van der Waals surface area contributed by atoms with Crippen LogP contribution in [0, 0.1) is 12.8 Å². The van der Waals surface area contributed by atoms with Crippen molar-refractivity contribution in [2.24, 2.45) is 5.92 Å². The van der Waals surface area contributed by atoms with Gasteiger partial charge in [0.05, 0.1) is 12.2 Å². The normalized spacial score (nSPS) is 16.9. The lowest BCUT2D eigenvalue weighted by molar-refractivity contribution is 0.0651. The van der Waals surface area contributed by atoms with E-state index in [0.29, 0.717) is 42.8 Å². The van der Waals surface area contributed by atoms with Gasteiger partial charge in [-0.25, -0.2) is 0 Å². The fourth-order valence-electron chi connectivity index (χ4n) is 3.54. The molecule has 0 aliphatic carbocycles. The van der Waals surface area contributed by atoms with E-state index in [1.165, 1.54) is 0 Å². The Bertz CT molecular complexity index is 816. The third kappa shape index (κ3) is 3.99. The van der Waals surface area contributed by atoms with Crippen molar-refractivity contribution in [2.75, 3.05) is 32.9 Å². The second kappa shape index (κ2) is 7.86. The van der Waals surface area contributed by atoms with Crippen LogP contribution in [0.2, 0.25) is 0 Å². The monoisotopic (exact) mass is 368 g/mol. The maximum Gasteiger partial charge on any atom is 0.257 e. The maximum atomic E-state index is 12.9. The molecule has 0 N–H and O–H groups in total. The summed E-state index contributed by atoms with van der Waals surface area (Å²) in [6.45, 7) is 5.08. The van der Waals surface area contributed by atoms with Crippen LogP contribution in [0.5, 0.6) is 17.2 Å².